The molecule has 1 fully saturated rings. The zero-order valence-corrected chi connectivity index (χ0v) is 13.5. The molecule has 3 rings (SSSR count). The fourth-order valence-corrected chi connectivity index (χ4v) is 2.44. The van der Waals surface area contributed by atoms with Gasteiger partial charge in [0.2, 0.25) is 0 Å². The van der Waals surface area contributed by atoms with Crippen molar-refractivity contribution in [2.45, 2.75) is 38.5 Å². The maximum atomic E-state index is 11.3. The number of carbonyl (C=O) groups excluding carboxylic acids is 1. The highest BCUT2D eigenvalue weighted by molar-refractivity contribution is 5.72. The third-order valence-electron chi connectivity index (χ3n) is 3.92. The molecule has 0 aliphatic heterocycles. The average Bonchev–Trinajstić information content (AvgIpc) is 3.32. The fraction of sp³-hybridized carbons (Fsp3) is 0.444. The van der Waals surface area contributed by atoms with Gasteiger partial charge in [-0.1, -0.05) is 12.1 Å². The zero-order chi connectivity index (χ0) is 16.2. The molecule has 0 saturated heterocycles. The molecule has 0 amide bonds. The zero-order valence-electron chi connectivity index (χ0n) is 13.5. The lowest BCUT2D eigenvalue weighted by molar-refractivity contribution is -0.139. The Hall–Kier alpha value is -2.30. The van der Waals surface area contributed by atoms with Gasteiger partial charge in [0.15, 0.2) is 5.89 Å². The molecule has 1 aromatic carbocycles. The second-order valence-electron chi connectivity index (χ2n) is 5.83. The summed E-state index contributed by atoms with van der Waals surface area (Å²) in [4.78, 5) is 15.9. The second kappa shape index (κ2) is 6.86. The van der Waals surface area contributed by atoms with E-state index in [1.165, 1.54) is 20.0 Å². The maximum Gasteiger partial charge on any atom is 0.309 e. The van der Waals surface area contributed by atoms with Gasteiger partial charge in [-0.05, 0) is 37.5 Å². The molecule has 0 spiro atoms. The van der Waals surface area contributed by atoms with Crippen molar-refractivity contribution in [3.05, 3.63) is 47.2 Å². The van der Waals surface area contributed by atoms with Crippen molar-refractivity contribution in [3.63, 3.8) is 0 Å². The number of aryl methyl sites for hydroxylation is 1. The number of esters is 1. The van der Waals surface area contributed by atoms with E-state index >= 15 is 0 Å². The predicted octanol–water partition coefficient (Wildman–Crippen LogP) is 3.20. The van der Waals surface area contributed by atoms with Gasteiger partial charge in [-0.2, -0.15) is 0 Å². The topological polar surface area (TPSA) is 61.6 Å². The van der Waals surface area contributed by atoms with Crippen LogP contribution in [0.4, 0.5) is 0 Å². The molecule has 5 heteroatoms. The Kier molecular flexibility index (Phi) is 4.65. The minimum Gasteiger partial charge on any atom is -0.493 e. The lowest BCUT2D eigenvalue weighted by Gasteiger charge is -2.07. The molecule has 0 atom stereocenters. The number of oxazole rings is 1. The van der Waals surface area contributed by atoms with E-state index in [0.717, 1.165) is 28.7 Å². The lowest BCUT2D eigenvalue weighted by Crippen LogP contribution is -2.06. The van der Waals surface area contributed by atoms with E-state index in [0.29, 0.717) is 18.9 Å². The number of methoxy groups -OCH3 is 1. The Bertz CT molecular complexity index is 688. The molecule has 0 unspecified atom stereocenters. The summed E-state index contributed by atoms with van der Waals surface area (Å²) in [6, 6.07) is 7.50. The van der Waals surface area contributed by atoms with E-state index in [9.17, 15) is 4.79 Å². The number of rotatable bonds is 7. The molecule has 23 heavy (non-hydrogen) atoms. The molecule has 1 saturated carbocycles. The van der Waals surface area contributed by atoms with Crippen LogP contribution in [0.5, 0.6) is 5.75 Å². The molecule has 0 bridgehead atoms. The van der Waals surface area contributed by atoms with Crippen molar-refractivity contribution >= 4 is 5.97 Å². The highest BCUT2D eigenvalue weighted by Gasteiger charge is 2.29. The van der Waals surface area contributed by atoms with Crippen LogP contribution in [0.15, 0.2) is 28.7 Å². The predicted molar refractivity (Wildman–Crippen MR) is 84.6 cm³/mol. The largest absolute Gasteiger partial charge is 0.493 e. The molecular formula is C18H21NO4. The van der Waals surface area contributed by atoms with Crippen LogP contribution in [0.25, 0.3) is 0 Å². The van der Waals surface area contributed by atoms with E-state index < -0.39 is 0 Å². The van der Waals surface area contributed by atoms with Crippen molar-refractivity contribution < 1.29 is 18.7 Å². The van der Waals surface area contributed by atoms with Crippen LogP contribution in [0.1, 0.15) is 41.7 Å². The Balaban J connectivity index is 1.54. The van der Waals surface area contributed by atoms with Gasteiger partial charge in [0.1, 0.15) is 11.5 Å². The van der Waals surface area contributed by atoms with Gasteiger partial charge >= 0.3 is 5.97 Å². The maximum absolute atomic E-state index is 11.3. The van der Waals surface area contributed by atoms with Gasteiger partial charge < -0.3 is 13.9 Å². The molecule has 1 aliphatic carbocycles. The molecule has 5 nitrogen and oxygen atoms in total. The number of carbonyl (C=O) groups is 1. The summed E-state index contributed by atoms with van der Waals surface area (Å²) < 4.78 is 16.1. The SMILES string of the molecule is COC(=O)Cc1cccc(OCCc2nc(C3CC3)oc2C)c1. The summed E-state index contributed by atoms with van der Waals surface area (Å²) >= 11 is 0. The lowest BCUT2D eigenvalue weighted by atomic mass is 10.1. The number of nitrogens with zero attached hydrogens (tertiary/aromatic N) is 1. The first kappa shape index (κ1) is 15.6. The number of hydrogen-bond acceptors (Lipinski definition) is 5. The molecular weight excluding hydrogens is 294 g/mol. The van der Waals surface area contributed by atoms with Crippen LogP contribution in [-0.4, -0.2) is 24.7 Å². The molecule has 2 aromatic rings. The smallest absolute Gasteiger partial charge is 0.309 e. The van der Waals surface area contributed by atoms with Crippen LogP contribution in [0.3, 0.4) is 0 Å². The molecule has 1 aromatic heterocycles. The monoisotopic (exact) mass is 315 g/mol. The Morgan fingerprint density at radius 2 is 2.22 bits per heavy atom. The molecule has 1 heterocycles. The summed E-state index contributed by atoms with van der Waals surface area (Å²) in [5.74, 6) is 2.77. The number of ether oxygens (including phenoxy) is 2. The normalized spacial score (nSPS) is 13.8. The average molecular weight is 315 g/mol. The quantitative estimate of drug-likeness (QED) is 0.734. The second-order valence-corrected chi connectivity index (χ2v) is 5.83. The Morgan fingerprint density at radius 1 is 1.39 bits per heavy atom. The fourth-order valence-electron chi connectivity index (χ4n) is 2.44. The van der Waals surface area contributed by atoms with E-state index in [4.69, 9.17) is 9.15 Å². The van der Waals surface area contributed by atoms with Crippen molar-refractivity contribution in [1.29, 1.82) is 0 Å². The summed E-state index contributed by atoms with van der Waals surface area (Å²) in [6.07, 6.45) is 3.33. The van der Waals surface area contributed by atoms with Crippen molar-refractivity contribution in [2.24, 2.45) is 0 Å². The highest BCUT2D eigenvalue weighted by Crippen LogP contribution is 2.40. The molecule has 1 aliphatic rings. The summed E-state index contributed by atoms with van der Waals surface area (Å²) in [5.41, 5.74) is 1.85. The van der Waals surface area contributed by atoms with Crippen molar-refractivity contribution in [3.8, 4) is 5.75 Å². The van der Waals surface area contributed by atoms with E-state index in [2.05, 4.69) is 9.72 Å². The first-order chi connectivity index (χ1) is 11.2. The van der Waals surface area contributed by atoms with Gasteiger partial charge in [0.25, 0.3) is 0 Å². The van der Waals surface area contributed by atoms with Crippen LogP contribution in [-0.2, 0) is 22.4 Å². The van der Waals surface area contributed by atoms with E-state index in [-0.39, 0.29) is 12.4 Å². The summed E-state index contributed by atoms with van der Waals surface area (Å²) in [6.45, 7) is 2.48. The molecule has 0 N–H and O–H groups in total. The first-order valence-electron chi connectivity index (χ1n) is 7.90. The number of benzene rings is 1. The molecule has 122 valence electrons. The van der Waals surface area contributed by atoms with Crippen LogP contribution >= 0.6 is 0 Å². The Labute approximate surface area is 135 Å². The number of aromatic nitrogens is 1. The van der Waals surface area contributed by atoms with Crippen molar-refractivity contribution in [1.82, 2.24) is 4.98 Å². The van der Waals surface area contributed by atoms with Gasteiger partial charge in [0, 0.05) is 12.3 Å². The van der Waals surface area contributed by atoms with Gasteiger partial charge in [-0.25, -0.2) is 4.98 Å². The summed E-state index contributed by atoms with van der Waals surface area (Å²) in [5, 5.41) is 0. The van der Waals surface area contributed by atoms with Gasteiger partial charge in [0.05, 0.1) is 25.8 Å². The van der Waals surface area contributed by atoms with Gasteiger partial charge in [-0.3, -0.25) is 4.79 Å². The van der Waals surface area contributed by atoms with Gasteiger partial charge in [-0.15, -0.1) is 0 Å². The minimum absolute atomic E-state index is 0.251. The minimum atomic E-state index is -0.257. The molecule has 0 radical (unpaired) electrons. The highest BCUT2D eigenvalue weighted by atomic mass is 16.5. The third-order valence-corrected chi connectivity index (χ3v) is 3.92. The van der Waals surface area contributed by atoms with Crippen molar-refractivity contribution in [2.75, 3.05) is 13.7 Å². The van der Waals surface area contributed by atoms with Crippen LogP contribution < -0.4 is 4.74 Å². The van der Waals surface area contributed by atoms with Crippen LogP contribution in [0.2, 0.25) is 0 Å². The third kappa shape index (κ3) is 4.12. The first-order valence-corrected chi connectivity index (χ1v) is 7.90. The standard InChI is InChI=1S/C18H21NO4/c1-12-16(19-18(23-12)14-6-7-14)8-9-22-15-5-3-4-13(10-15)11-17(20)21-2/h3-5,10,14H,6-9,11H2,1-2H3. The Morgan fingerprint density at radius 3 is 2.96 bits per heavy atom. The number of hydrogen-bond donors (Lipinski definition) is 0. The van der Waals surface area contributed by atoms with E-state index in [1.807, 2.05) is 31.2 Å². The van der Waals surface area contributed by atoms with E-state index in [1.54, 1.807) is 0 Å². The van der Waals surface area contributed by atoms with Crippen LogP contribution in [0, 0.1) is 6.92 Å². The summed E-state index contributed by atoms with van der Waals surface area (Å²) in [7, 11) is 1.39.